The van der Waals surface area contributed by atoms with Gasteiger partial charge in [0.1, 0.15) is 5.82 Å². The summed E-state index contributed by atoms with van der Waals surface area (Å²) in [6, 6.07) is 17.6. The molecule has 0 bridgehead atoms. The first kappa shape index (κ1) is 14.6. The highest BCUT2D eigenvalue weighted by Crippen LogP contribution is 2.34. The van der Waals surface area contributed by atoms with Crippen LogP contribution < -0.4 is 5.32 Å². The van der Waals surface area contributed by atoms with Crippen molar-refractivity contribution in [3.8, 4) is 0 Å². The normalized spacial score (nSPS) is 22.1. The Balaban J connectivity index is 1.68. The minimum absolute atomic E-state index is 0.150. The van der Waals surface area contributed by atoms with Crippen molar-refractivity contribution < 1.29 is 4.39 Å². The summed E-state index contributed by atoms with van der Waals surface area (Å²) >= 11 is 1.91. The molecule has 0 radical (unpaired) electrons. The molecule has 0 saturated carbocycles. The number of hydrogen-bond acceptors (Lipinski definition) is 2. The van der Waals surface area contributed by atoms with E-state index in [1.807, 2.05) is 30.0 Å². The van der Waals surface area contributed by atoms with Crippen molar-refractivity contribution in [1.29, 1.82) is 0 Å². The number of benzene rings is 2. The molecule has 0 aromatic heterocycles. The van der Waals surface area contributed by atoms with Gasteiger partial charge in [0.25, 0.3) is 0 Å². The van der Waals surface area contributed by atoms with Gasteiger partial charge < -0.3 is 5.32 Å². The van der Waals surface area contributed by atoms with E-state index in [4.69, 9.17) is 0 Å². The zero-order valence-electron chi connectivity index (χ0n) is 12.0. The Morgan fingerprint density at radius 1 is 1.05 bits per heavy atom. The first-order valence-electron chi connectivity index (χ1n) is 7.47. The lowest BCUT2D eigenvalue weighted by atomic mass is 9.82. The number of rotatable bonds is 4. The third-order valence-corrected chi connectivity index (χ3v) is 5.31. The average molecular weight is 301 g/mol. The van der Waals surface area contributed by atoms with Gasteiger partial charge in [-0.1, -0.05) is 30.3 Å². The summed E-state index contributed by atoms with van der Waals surface area (Å²) in [5.74, 6) is 2.07. The van der Waals surface area contributed by atoms with Gasteiger partial charge in [-0.25, -0.2) is 4.39 Å². The van der Waals surface area contributed by atoms with Gasteiger partial charge in [0.15, 0.2) is 0 Å². The van der Waals surface area contributed by atoms with E-state index < -0.39 is 0 Å². The number of halogens is 1. The van der Waals surface area contributed by atoms with Gasteiger partial charge in [-0.2, -0.15) is 0 Å². The smallest absolute Gasteiger partial charge is 0.123 e. The Hall–Kier alpha value is -1.32. The van der Waals surface area contributed by atoms with Crippen LogP contribution in [0.1, 0.15) is 17.9 Å². The lowest BCUT2D eigenvalue weighted by Crippen LogP contribution is -2.36. The van der Waals surface area contributed by atoms with E-state index in [9.17, 15) is 4.39 Å². The van der Waals surface area contributed by atoms with Gasteiger partial charge in [-0.3, -0.25) is 0 Å². The fourth-order valence-corrected chi connectivity index (χ4v) is 4.07. The van der Waals surface area contributed by atoms with E-state index in [-0.39, 0.29) is 5.82 Å². The number of thioether (sulfide) groups is 1. The fraction of sp³-hybridized carbons (Fsp3) is 0.333. The van der Waals surface area contributed by atoms with Crippen LogP contribution >= 0.6 is 11.8 Å². The van der Waals surface area contributed by atoms with Crippen LogP contribution in [0, 0.1) is 11.7 Å². The minimum Gasteiger partial charge on any atom is -0.316 e. The molecule has 2 aromatic carbocycles. The van der Waals surface area contributed by atoms with Crippen LogP contribution in [0.2, 0.25) is 0 Å². The second-order valence-corrected chi connectivity index (χ2v) is 6.63. The predicted molar refractivity (Wildman–Crippen MR) is 87.3 cm³/mol. The molecule has 1 fully saturated rings. The fourth-order valence-electron chi connectivity index (χ4n) is 2.97. The first-order chi connectivity index (χ1) is 10.3. The summed E-state index contributed by atoms with van der Waals surface area (Å²) in [4.78, 5) is 1.32. The molecule has 1 heterocycles. The van der Waals surface area contributed by atoms with Crippen molar-refractivity contribution in [2.45, 2.75) is 17.2 Å². The van der Waals surface area contributed by atoms with Crippen molar-refractivity contribution in [2.24, 2.45) is 5.92 Å². The van der Waals surface area contributed by atoms with Crippen molar-refractivity contribution >= 4 is 11.8 Å². The Bertz CT molecular complexity index is 555. The average Bonchev–Trinajstić information content (AvgIpc) is 2.55. The molecule has 21 heavy (non-hydrogen) atoms. The van der Waals surface area contributed by atoms with Crippen LogP contribution in [0.5, 0.6) is 0 Å². The molecular formula is C18H20FNS. The van der Waals surface area contributed by atoms with E-state index >= 15 is 0 Å². The molecule has 2 aromatic rings. The molecular weight excluding hydrogens is 281 g/mol. The van der Waals surface area contributed by atoms with Crippen LogP contribution in [0.4, 0.5) is 4.39 Å². The molecule has 1 aliphatic heterocycles. The molecule has 3 heteroatoms. The molecule has 3 rings (SSSR count). The number of piperidine rings is 1. The Morgan fingerprint density at radius 3 is 2.57 bits per heavy atom. The van der Waals surface area contributed by atoms with E-state index in [1.54, 1.807) is 12.1 Å². The molecule has 2 atom stereocenters. The molecule has 110 valence electrons. The summed E-state index contributed by atoms with van der Waals surface area (Å²) < 4.78 is 13.1. The van der Waals surface area contributed by atoms with Crippen molar-refractivity contribution in [3.63, 3.8) is 0 Å². The maximum absolute atomic E-state index is 13.1. The topological polar surface area (TPSA) is 12.0 Å². The standard InChI is InChI=1S/C18H20FNS/c19-16-8-6-14(7-9-16)18-10-11-20-12-15(18)13-21-17-4-2-1-3-5-17/h1-9,15,18,20H,10-13H2/t15-,18-/m0/s1. The molecule has 0 aliphatic carbocycles. The van der Waals surface area contributed by atoms with E-state index in [1.165, 1.54) is 10.5 Å². The van der Waals surface area contributed by atoms with Crippen molar-refractivity contribution in [2.75, 3.05) is 18.8 Å². The largest absolute Gasteiger partial charge is 0.316 e. The lowest BCUT2D eigenvalue weighted by molar-refractivity contribution is 0.354. The Labute approximate surface area is 130 Å². The molecule has 0 spiro atoms. The van der Waals surface area contributed by atoms with Crippen LogP contribution in [-0.4, -0.2) is 18.8 Å². The van der Waals surface area contributed by atoms with Crippen LogP contribution in [0.3, 0.4) is 0 Å². The number of hydrogen-bond donors (Lipinski definition) is 1. The quantitative estimate of drug-likeness (QED) is 0.845. The summed E-state index contributed by atoms with van der Waals surface area (Å²) in [6.45, 7) is 2.09. The first-order valence-corrected chi connectivity index (χ1v) is 8.45. The second-order valence-electron chi connectivity index (χ2n) is 5.53. The SMILES string of the molecule is Fc1ccc([C@@H]2CCNC[C@H]2CSc2ccccc2)cc1. The Morgan fingerprint density at radius 2 is 1.81 bits per heavy atom. The highest BCUT2D eigenvalue weighted by atomic mass is 32.2. The van der Waals surface area contributed by atoms with Crippen LogP contribution in [-0.2, 0) is 0 Å². The van der Waals surface area contributed by atoms with Crippen LogP contribution in [0.15, 0.2) is 59.5 Å². The minimum atomic E-state index is -0.150. The van der Waals surface area contributed by atoms with Gasteiger partial charge in [0, 0.05) is 10.6 Å². The molecule has 1 nitrogen and oxygen atoms in total. The van der Waals surface area contributed by atoms with Gasteiger partial charge in [-0.15, -0.1) is 11.8 Å². The van der Waals surface area contributed by atoms with Gasteiger partial charge in [0.05, 0.1) is 0 Å². The maximum atomic E-state index is 13.1. The third-order valence-electron chi connectivity index (χ3n) is 4.11. The summed E-state index contributed by atoms with van der Waals surface area (Å²) in [5.41, 5.74) is 1.27. The summed E-state index contributed by atoms with van der Waals surface area (Å²) in [7, 11) is 0. The zero-order chi connectivity index (χ0) is 14.5. The molecule has 1 aliphatic rings. The Kier molecular flexibility index (Phi) is 4.94. The highest BCUT2D eigenvalue weighted by Gasteiger charge is 2.26. The molecule has 0 amide bonds. The second kappa shape index (κ2) is 7.10. The predicted octanol–water partition coefficient (Wildman–Crippen LogP) is 4.31. The van der Waals surface area contributed by atoms with E-state index in [0.29, 0.717) is 11.8 Å². The van der Waals surface area contributed by atoms with Crippen molar-refractivity contribution in [1.82, 2.24) is 5.32 Å². The van der Waals surface area contributed by atoms with E-state index in [2.05, 4.69) is 29.6 Å². The lowest BCUT2D eigenvalue weighted by Gasteiger charge is -2.32. The number of nitrogens with one attached hydrogen (secondary N) is 1. The van der Waals surface area contributed by atoms with Gasteiger partial charge in [0.2, 0.25) is 0 Å². The molecule has 0 unspecified atom stereocenters. The molecule has 1 saturated heterocycles. The van der Waals surface area contributed by atoms with Crippen molar-refractivity contribution in [3.05, 3.63) is 66.0 Å². The van der Waals surface area contributed by atoms with Gasteiger partial charge >= 0.3 is 0 Å². The summed E-state index contributed by atoms with van der Waals surface area (Å²) in [5, 5.41) is 3.49. The maximum Gasteiger partial charge on any atom is 0.123 e. The van der Waals surface area contributed by atoms with Gasteiger partial charge in [-0.05, 0) is 61.2 Å². The third kappa shape index (κ3) is 3.86. The van der Waals surface area contributed by atoms with E-state index in [0.717, 1.165) is 25.3 Å². The summed E-state index contributed by atoms with van der Waals surface area (Å²) in [6.07, 6.45) is 1.13. The zero-order valence-corrected chi connectivity index (χ0v) is 12.8. The molecule has 1 N–H and O–H groups in total. The highest BCUT2D eigenvalue weighted by molar-refractivity contribution is 7.99. The monoisotopic (exact) mass is 301 g/mol. The van der Waals surface area contributed by atoms with Crippen LogP contribution in [0.25, 0.3) is 0 Å².